The molecule has 35 heavy (non-hydrogen) atoms. The predicted octanol–water partition coefficient (Wildman–Crippen LogP) is 6.71. The SMILES string of the molecule is CNCCCN1c2ccccc2CCc2ccccc21.Cc1cccc([C@H](C)c2cnc[nH]2)c1C. The molecule has 0 aliphatic carbocycles. The molecule has 0 amide bonds. The zero-order valence-electron chi connectivity index (χ0n) is 21.5. The second kappa shape index (κ2) is 11.9. The molecule has 0 saturated heterocycles. The Hall–Kier alpha value is -3.37. The first kappa shape index (κ1) is 24.7. The number of rotatable bonds is 6. The Balaban J connectivity index is 0.000000172. The lowest BCUT2D eigenvalue weighted by Gasteiger charge is -2.27. The summed E-state index contributed by atoms with van der Waals surface area (Å²) in [7, 11) is 2.02. The van der Waals surface area contributed by atoms with Crippen molar-refractivity contribution in [1.82, 2.24) is 15.3 Å². The molecule has 2 N–H and O–H groups in total. The van der Waals surface area contributed by atoms with Crippen molar-refractivity contribution in [3.63, 3.8) is 0 Å². The van der Waals surface area contributed by atoms with E-state index in [0.717, 1.165) is 32.4 Å². The highest BCUT2D eigenvalue weighted by atomic mass is 15.1. The van der Waals surface area contributed by atoms with Gasteiger partial charge in [0.15, 0.2) is 0 Å². The lowest BCUT2D eigenvalue weighted by Crippen LogP contribution is -2.22. The first-order valence-corrected chi connectivity index (χ1v) is 12.7. The first-order valence-electron chi connectivity index (χ1n) is 12.7. The Kier molecular flexibility index (Phi) is 8.38. The van der Waals surface area contributed by atoms with Crippen molar-refractivity contribution in [3.05, 3.63) is 113 Å². The van der Waals surface area contributed by atoms with E-state index in [1.165, 1.54) is 44.9 Å². The molecule has 0 saturated carbocycles. The van der Waals surface area contributed by atoms with Crippen LogP contribution in [0.2, 0.25) is 0 Å². The van der Waals surface area contributed by atoms with Gasteiger partial charge < -0.3 is 15.2 Å². The fourth-order valence-corrected chi connectivity index (χ4v) is 4.94. The van der Waals surface area contributed by atoms with Crippen molar-refractivity contribution in [2.45, 2.75) is 46.0 Å². The van der Waals surface area contributed by atoms with Gasteiger partial charge in [-0.15, -0.1) is 0 Å². The maximum absolute atomic E-state index is 4.07. The van der Waals surface area contributed by atoms with Crippen LogP contribution < -0.4 is 10.2 Å². The molecule has 1 atom stereocenters. The van der Waals surface area contributed by atoms with Gasteiger partial charge in [-0.05, 0) is 86.7 Å². The fourth-order valence-electron chi connectivity index (χ4n) is 4.94. The van der Waals surface area contributed by atoms with Gasteiger partial charge in [0.2, 0.25) is 0 Å². The molecule has 4 aromatic rings. The van der Waals surface area contributed by atoms with E-state index < -0.39 is 0 Å². The molecule has 0 bridgehead atoms. The number of H-pyrrole nitrogens is 1. The van der Waals surface area contributed by atoms with Gasteiger partial charge in [-0.2, -0.15) is 0 Å². The van der Waals surface area contributed by atoms with Crippen LogP contribution in [-0.4, -0.2) is 30.1 Å². The Morgan fingerprint density at radius 3 is 2.17 bits per heavy atom. The first-order chi connectivity index (χ1) is 17.1. The maximum Gasteiger partial charge on any atom is 0.0921 e. The van der Waals surface area contributed by atoms with Crippen LogP contribution in [0.3, 0.4) is 0 Å². The van der Waals surface area contributed by atoms with Crippen LogP contribution in [0.15, 0.2) is 79.3 Å². The van der Waals surface area contributed by atoms with Gasteiger partial charge in [0.25, 0.3) is 0 Å². The largest absolute Gasteiger partial charge is 0.348 e. The molecular formula is C31H38N4. The number of aromatic nitrogens is 2. The van der Waals surface area contributed by atoms with E-state index in [2.05, 4.69) is 108 Å². The number of hydrogen-bond acceptors (Lipinski definition) is 3. The van der Waals surface area contributed by atoms with Crippen molar-refractivity contribution in [1.29, 1.82) is 0 Å². The molecule has 0 fully saturated rings. The Bertz CT molecular complexity index is 1160. The van der Waals surface area contributed by atoms with E-state index in [0.29, 0.717) is 5.92 Å². The molecule has 4 nitrogen and oxygen atoms in total. The minimum Gasteiger partial charge on any atom is -0.348 e. The van der Waals surface area contributed by atoms with Gasteiger partial charge in [0.05, 0.1) is 6.33 Å². The van der Waals surface area contributed by atoms with Crippen molar-refractivity contribution in [3.8, 4) is 0 Å². The Morgan fingerprint density at radius 1 is 0.914 bits per heavy atom. The van der Waals surface area contributed by atoms with Crippen LogP contribution in [0.1, 0.15) is 52.8 Å². The molecule has 182 valence electrons. The van der Waals surface area contributed by atoms with Crippen molar-refractivity contribution in [2.24, 2.45) is 0 Å². The van der Waals surface area contributed by atoms with E-state index in [-0.39, 0.29) is 0 Å². The van der Waals surface area contributed by atoms with Gasteiger partial charge in [0, 0.05) is 35.7 Å². The third-order valence-corrected chi connectivity index (χ3v) is 7.14. The number of anilines is 2. The second-order valence-electron chi connectivity index (χ2n) is 9.38. The van der Waals surface area contributed by atoms with E-state index in [4.69, 9.17) is 0 Å². The van der Waals surface area contributed by atoms with E-state index in [1.54, 1.807) is 6.33 Å². The molecule has 1 aliphatic rings. The number of para-hydroxylation sites is 2. The topological polar surface area (TPSA) is 44.0 Å². The average Bonchev–Trinajstić information content (AvgIpc) is 3.38. The monoisotopic (exact) mass is 466 g/mol. The zero-order valence-corrected chi connectivity index (χ0v) is 21.5. The summed E-state index contributed by atoms with van der Waals surface area (Å²) in [6.07, 6.45) is 7.05. The Labute approximate surface area is 210 Å². The predicted molar refractivity (Wildman–Crippen MR) is 148 cm³/mol. The van der Waals surface area contributed by atoms with Gasteiger partial charge in [-0.1, -0.05) is 61.5 Å². The highest BCUT2D eigenvalue weighted by molar-refractivity contribution is 5.71. The van der Waals surface area contributed by atoms with E-state index >= 15 is 0 Å². The van der Waals surface area contributed by atoms with Crippen molar-refractivity contribution >= 4 is 11.4 Å². The molecule has 1 aromatic heterocycles. The summed E-state index contributed by atoms with van der Waals surface area (Å²) < 4.78 is 0. The maximum atomic E-state index is 4.07. The lowest BCUT2D eigenvalue weighted by atomic mass is 9.92. The number of fused-ring (bicyclic) bond motifs is 2. The van der Waals surface area contributed by atoms with E-state index in [1.807, 2.05) is 13.2 Å². The number of aromatic amines is 1. The van der Waals surface area contributed by atoms with Crippen LogP contribution in [0.4, 0.5) is 11.4 Å². The molecule has 2 heterocycles. The Morgan fingerprint density at radius 2 is 1.57 bits per heavy atom. The normalized spacial score (nSPS) is 13.2. The molecular weight excluding hydrogens is 428 g/mol. The fraction of sp³-hybridized carbons (Fsp3) is 0.323. The summed E-state index contributed by atoms with van der Waals surface area (Å²) in [4.78, 5) is 9.73. The standard InChI is InChI=1S/C18H22N2.C13H16N2/c1-19-13-6-14-20-17-9-4-2-7-15(17)11-12-16-8-3-5-10-18(16)20;1-9-5-4-6-12(10(9)2)11(3)13-7-14-8-15-13/h2-5,7-10,19H,6,11-14H2,1H3;4-8,11H,1-3H3,(H,14,15)/t;11-/m.0/s1. The highest BCUT2D eigenvalue weighted by Gasteiger charge is 2.19. The molecule has 0 unspecified atom stereocenters. The smallest absolute Gasteiger partial charge is 0.0921 e. The van der Waals surface area contributed by atoms with Crippen LogP contribution in [0, 0.1) is 13.8 Å². The number of imidazole rings is 1. The summed E-state index contributed by atoms with van der Waals surface area (Å²) in [5, 5.41) is 3.24. The van der Waals surface area contributed by atoms with Gasteiger partial charge in [-0.25, -0.2) is 4.98 Å². The minimum atomic E-state index is 0.382. The van der Waals surface area contributed by atoms with Crippen LogP contribution >= 0.6 is 0 Å². The molecule has 0 spiro atoms. The zero-order chi connectivity index (χ0) is 24.6. The number of nitrogens with one attached hydrogen (secondary N) is 2. The molecule has 3 aromatic carbocycles. The number of aryl methyl sites for hydroxylation is 3. The molecule has 5 rings (SSSR count). The lowest BCUT2D eigenvalue weighted by molar-refractivity contribution is 0.723. The number of nitrogens with zero attached hydrogens (tertiary/aromatic N) is 2. The highest BCUT2D eigenvalue weighted by Crippen LogP contribution is 2.35. The van der Waals surface area contributed by atoms with Gasteiger partial charge >= 0.3 is 0 Å². The number of benzene rings is 3. The minimum absolute atomic E-state index is 0.382. The second-order valence-corrected chi connectivity index (χ2v) is 9.38. The average molecular weight is 467 g/mol. The summed E-state index contributed by atoms with van der Waals surface area (Å²) in [5.41, 5.74) is 11.0. The summed E-state index contributed by atoms with van der Waals surface area (Å²) in [6.45, 7) is 8.65. The summed E-state index contributed by atoms with van der Waals surface area (Å²) in [6, 6.07) is 24.1. The summed E-state index contributed by atoms with van der Waals surface area (Å²) >= 11 is 0. The molecule has 4 heteroatoms. The third kappa shape index (κ3) is 5.83. The van der Waals surface area contributed by atoms with E-state index in [9.17, 15) is 0 Å². The van der Waals surface area contributed by atoms with Crippen LogP contribution in [0.25, 0.3) is 0 Å². The number of hydrogen-bond donors (Lipinski definition) is 2. The molecule has 0 radical (unpaired) electrons. The third-order valence-electron chi connectivity index (χ3n) is 7.14. The quantitative estimate of drug-likeness (QED) is 0.310. The van der Waals surface area contributed by atoms with Gasteiger partial charge in [-0.3, -0.25) is 0 Å². The van der Waals surface area contributed by atoms with Crippen LogP contribution in [-0.2, 0) is 12.8 Å². The van der Waals surface area contributed by atoms with Gasteiger partial charge in [0.1, 0.15) is 0 Å². The van der Waals surface area contributed by atoms with Crippen molar-refractivity contribution in [2.75, 3.05) is 25.0 Å². The summed E-state index contributed by atoms with van der Waals surface area (Å²) in [5.74, 6) is 0.382. The molecule has 1 aliphatic heterocycles. The van der Waals surface area contributed by atoms with Crippen LogP contribution in [0.5, 0.6) is 0 Å². The van der Waals surface area contributed by atoms with Crippen molar-refractivity contribution < 1.29 is 0 Å².